The molecule has 1 aromatic carbocycles. The van der Waals surface area contributed by atoms with Gasteiger partial charge in [-0.2, -0.15) is 0 Å². The smallest absolute Gasteiger partial charge is 0.0366 e. The minimum Gasteiger partial charge on any atom is -0.370 e. The van der Waals surface area contributed by atoms with Crippen LogP contribution in [-0.4, -0.2) is 13.1 Å². The number of hydrogen-bond donors (Lipinski definition) is 0. The zero-order valence-electron chi connectivity index (χ0n) is 14.4. The fourth-order valence-corrected chi connectivity index (χ4v) is 3.17. The molecule has 0 aromatic heterocycles. The van der Waals surface area contributed by atoms with Crippen LogP contribution in [-0.2, 0) is 5.41 Å². The number of hydrogen-bond acceptors (Lipinski definition) is 1. The van der Waals surface area contributed by atoms with E-state index in [0.717, 1.165) is 13.1 Å². The van der Waals surface area contributed by atoms with Crippen molar-refractivity contribution in [2.45, 2.75) is 26.2 Å². The van der Waals surface area contributed by atoms with Gasteiger partial charge in [-0.3, -0.25) is 0 Å². The van der Waals surface area contributed by atoms with E-state index in [-0.39, 0.29) is 5.41 Å². The first kappa shape index (κ1) is 15.9. The first-order valence-corrected chi connectivity index (χ1v) is 8.58. The van der Waals surface area contributed by atoms with Gasteiger partial charge in [-0.1, -0.05) is 81.5 Å². The maximum atomic E-state index is 2.52. The number of benzene rings is 1. The Morgan fingerprint density at radius 1 is 0.739 bits per heavy atom. The summed E-state index contributed by atoms with van der Waals surface area (Å²) in [4.78, 5) is 2.52. The number of nitrogens with zero attached hydrogens (tertiary/aromatic N) is 1. The van der Waals surface area contributed by atoms with Gasteiger partial charge in [-0.05, 0) is 23.1 Å². The van der Waals surface area contributed by atoms with Crippen LogP contribution in [0.2, 0.25) is 0 Å². The molecule has 0 spiro atoms. The summed E-state index contributed by atoms with van der Waals surface area (Å²) in [7, 11) is 0. The Kier molecular flexibility index (Phi) is 4.56. The minimum absolute atomic E-state index is 0.206. The molecule has 23 heavy (non-hydrogen) atoms. The van der Waals surface area contributed by atoms with Gasteiger partial charge in [0.25, 0.3) is 0 Å². The fraction of sp³-hybridized carbons (Fsp3) is 0.364. The lowest BCUT2D eigenvalue weighted by molar-refractivity contribution is 0.590. The van der Waals surface area contributed by atoms with Crippen LogP contribution < -0.4 is 4.90 Å². The topological polar surface area (TPSA) is 3.24 Å². The molecule has 0 amide bonds. The van der Waals surface area contributed by atoms with Crippen molar-refractivity contribution in [3.05, 3.63) is 78.4 Å². The quantitative estimate of drug-likeness (QED) is 0.716. The summed E-state index contributed by atoms with van der Waals surface area (Å²) in [6.07, 6.45) is 17.8. The van der Waals surface area contributed by atoms with Crippen LogP contribution in [0.4, 0.5) is 5.69 Å². The monoisotopic (exact) mass is 305 g/mol. The van der Waals surface area contributed by atoms with Crippen LogP contribution >= 0.6 is 0 Å². The molecule has 0 unspecified atom stereocenters. The molecule has 0 saturated heterocycles. The van der Waals surface area contributed by atoms with Crippen molar-refractivity contribution in [2.24, 2.45) is 11.8 Å². The SMILES string of the molecule is CC(C)(C)c1ccc(N(CC2C=CC=C2)CC2C=CC=C2)cc1. The van der Waals surface area contributed by atoms with E-state index in [1.54, 1.807) is 0 Å². The van der Waals surface area contributed by atoms with E-state index in [1.165, 1.54) is 11.3 Å². The van der Waals surface area contributed by atoms with Crippen molar-refractivity contribution < 1.29 is 0 Å². The van der Waals surface area contributed by atoms with E-state index >= 15 is 0 Å². The van der Waals surface area contributed by atoms with E-state index < -0.39 is 0 Å². The largest absolute Gasteiger partial charge is 0.370 e. The molecule has 0 heterocycles. The second-order valence-corrected chi connectivity index (χ2v) is 7.57. The molecule has 0 atom stereocenters. The molecule has 2 aliphatic rings. The van der Waals surface area contributed by atoms with Crippen molar-refractivity contribution >= 4 is 5.69 Å². The second kappa shape index (κ2) is 6.62. The van der Waals surface area contributed by atoms with Crippen LogP contribution in [0.15, 0.2) is 72.9 Å². The zero-order valence-corrected chi connectivity index (χ0v) is 14.4. The van der Waals surface area contributed by atoms with Gasteiger partial charge in [0.2, 0.25) is 0 Å². The molecule has 2 aliphatic carbocycles. The third-order valence-corrected chi connectivity index (χ3v) is 4.62. The first-order valence-electron chi connectivity index (χ1n) is 8.58. The van der Waals surface area contributed by atoms with Gasteiger partial charge in [0.1, 0.15) is 0 Å². The summed E-state index contributed by atoms with van der Waals surface area (Å²) in [6.45, 7) is 8.88. The van der Waals surface area contributed by atoms with Crippen LogP contribution in [0.1, 0.15) is 26.3 Å². The Morgan fingerprint density at radius 2 is 1.17 bits per heavy atom. The normalized spacial score (nSPS) is 17.5. The molecular formula is C22H27N. The maximum absolute atomic E-state index is 2.52. The van der Waals surface area contributed by atoms with Crippen LogP contribution in [0.3, 0.4) is 0 Å². The van der Waals surface area contributed by atoms with Gasteiger partial charge < -0.3 is 4.90 Å². The van der Waals surface area contributed by atoms with Crippen LogP contribution in [0, 0.1) is 11.8 Å². The second-order valence-electron chi connectivity index (χ2n) is 7.57. The standard InChI is InChI=1S/C22H27N/c1-22(2,3)20-12-14-21(15-13-20)23(16-18-8-4-5-9-18)17-19-10-6-7-11-19/h4-15,18-19H,16-17H2,1-3H3. The maximum Gasteiger partial charge on any atom is 0.0366 e. The molecule has 3 rings (SSSR count). The Labute approximate surface area is 140 Å². The number of rotatable bonds is 5. The molecule has 0 bridgehead atoms. The first-order chi connectivity index (χ1) is 11.0. The Hall–Kier alpha value is -2.02. The Morgan fingerprint density at radius 3 is 1.57 bits per heavy atom. The van der Waals surface area contributed by atoms with Crippen molar-refractivity contribution in [3.63, 3.8) is 0 Å². The van der Waals surface area contributed by atoms with Gasteiger partial charge in [0, 0.05) is 30.6 Å². The molecule has 0 N–H and O–H groups in total. The molecule has 0 fully saturated rings. The molecule has 0 radical (unpaired) electrons. The highest BCUT2D eigenvalue weighted by Crippen LogP contribution is 2.27. The van der Waals surface area contributed by atoms with Crippen LogP contribution in [0.5, 0.6) is 0 Å². The summed E-state index contributed by atoms with van der Waals surface area (Å²) in [5, 5.41) is 0. The summed E-state index contributed by atoms with van der Waals surface area (Å²) in [6, 6.07) is 9.13. The van der Waals surface area contributed by atoms with Crippen LogP contribution in [0.25, 0.3) is 0 Å². The minimum atomic E-state index is 0.206. The number of allylic oxidation sites excluding steroid dienone is 4. The van der Waals surface area contributed by atoms with E-state index in [2.05, 4.69) is 98.5 Å². The Balaban J connectivity index is 1.78. The predicted molar refractivity (Wildman–Crippen MR) is 101 cm³/mol. The van der Waals surface area contributed by atoms with Gasteiger partial charge in [-0.25, -0.2) is 0 Å². The molecule has 120 valence electrons. The summed E-state index contributed by atoms with van der Waals surface area (Å²) >= 11 is 0. The average molecular weight is 305 g/mol. The summed E-state index contributed by atoms with van der Waals surface area (Å²) in [5.41, 5.74) is 2.92. The highest BCUT2D eigenvalue weighted by atomic mass is 15.1. The van der Waals surface area contributed by atoms with Crippen molar-refractivity contribution in [1.29, 1.82) is 0 Å². The molecule has 1 nitrogen and oxygen atoms in total. The third-order valence-electron chi connectivity index (χ3n) is 4.62. The average Bonchev–Trinajstić information content (AvgIpc) is 3.19. The van der Waals surface area contributed by atoms with Gasteiger partial charge >= 0.3 is 0 Å². The van der Waals surface area contributed by atoms with E-state index in [4.69, 9.17) is 0 Å². The highest BCUT2D eigenvalue weighted by Gasteiger charge is 2.18. The summed E-state index contributed by atoms with van der Waals surface area (Å²) in [5.74, 6) is 1.04. The third kappa shape index (κ3) is 4.04. The fourth-order valence-electron chi connectivity index (χ4n) is 3.17. The molecule has 0 saturated carbocycles. The molecule has 0 aliphatic heterocycles. The van der Waals surface area contributed by atoms with Crippen molar-refractivity contribution in [2.75, 3.05) is 18.0 Å². The van der Waals surface area contributed by atoms with E-state index in [1.807, 2.05) is 0 Å². The van der Waals surface area contributed by atoms with E-state index in [0.29, 0.717) is 11.8 Å². The lowest BCUT2D eigenvalue weighted by Crippen LogP contribution is -2.32. The number of anilines is 1. The zero-order chi connectivity index (χ0) is 16.3. The molecular weight excluding hydrogens is 278 g/mol. The Bertz CT molecular complexity index is 584. The van der Waals surface area contributed by atoms with Gasteiger partial charge in [-0.15, -0.1) is 0 Å². The predicted octanol–water partition coefficient (Wildman–Crippen LogP) is 5.27. The molecule has 1 heteroatoms. The van der Waals surface area contributed by atoms with Crippen molar-refractivity contribution in [3.8, 4) is 0 Å². The summed E-state index contributed by atoms with van der Waals surface area (Å²) < 4.78 is 0. The van der Waals surface area contributed by atoms with Crippen molar-refractivity contribution in [1.82, 2.24) is 0 Å². The van der Waals surface area contributed by atoms with Gasteiger partial charge in [0.05, 0.1) is 0 Å². The lowest BCUT2D eigenvalue weighted by atomic mass is 9.87. The molecule has 1 aromatic rings. The van der Waals surface area contributed by atoms with E-state index in [9.17, 15) is 0 Å². The van der Waals surface area contributed by atoms with Gasteiger partial charge in [0.15, 0.2) is 0 Å². The lowest BCUT2D eigenvalue weighted by Gasteiger charge is -2.29. The highest BCUT2D eigenvalue weighted by molar-refractivity contribution is 5.49.